The van der Waals surface area contributed by atoms with Crippen LogP contribution in [0.25, 0.3) is 0 Å². The highest BCUT2D eigenvalue weighted by molar-refractivity contribution is 5.72. The number of methoxy groups -OCH3 is 1. The van der Waals surface area contributed by atoms with Crippen LogP contribution in [0, 0.1) is 5.92 Å². The van der Waals surface area contributed by atoms with Crippen molar-refractivity contribution in [3.8, 4) is 0 Å². The molecule has 2 fully saturated rings. The highest BCUT2D eigenvalue weighted by Crippen LogP contribution is 2.26. The highest BCUT2D eigenvalue weighted by Gasteiger charge is 2.35. The predicted molar refractivity (Wildman–Crippen MR) is 76.1 cm³/mol. The molecule has 21 heavy (non-hydrogen) atoms. The Hall–Kier alpha value is -1.30. The van der Waals surface area contributed by atoms with E-state index in [1.54, 1.807) is 4.90 Å². The number of aliphatic carboxylic acids is 1. The van der Waals surface area contributed by atoms with Crippen molar-refractivity contribution >= 4 is 12.1 Å². The van der Waals surface area contributed by atoms with Gasteiger partial charge in [-0.1, -0.05) is 19.3 Å². The fourth-order valence-corrected chi connectivity index (χ4v) is 3.27. The highest BCUT2D eigenvalue weighted by atomic mass is 16.5. The Morgan fingerprint density at radius 2 is 1.90 bits per heavy atom. The van der Waals surface area contributed by atoms with Gasteiger partial charge in [0.1, 0.15) is 0 Å². The lowest BCUT2D eigenvalue weighted by Gasteiger charge is -2.38. The van der Waals surface area contributed by atoms with Gasteiger partial charge in [0.2, 0.25) is 0 Å². The van der Waals surface area contributed by atoms with E-state index in [9.17, 15) is 14.7 Å². The summed E-state index contributed by atoms with van der Waals surface area (Å²) in [6, 6.07) is -0.200. The molecule has 2 unspecified atom stereocenters. The van der Waals surface area contributed by atoms with Crippen molar-refractivity contribution in [2.24, 2.45) is 5.92 Å². The molecule has 0 radical (unpaired) electrons. The van der Waals surface area contributed by atoms with Crippen molar-refractivity contribution in [1.29, 1.82) is 0 Å². The van der Waals surface area contributed by atoms with Gasteiger partial charge in [-0.05, 0) is 25.7 Å². The first-order chi connectivity index (χ1) is 10.1. The Morgan fingerprint density at radius 1 is 1.19 bits per heavy atom. The first kappa shape index (κ1) is 16.1. The van der Waals surface area contributed by atoms with Gasteiger partial charge < -0.3 is 19.5 Å². The van der Waals surface area contributed by atoms with Crippen molar-refractivity contribution in [3.63, 3.8) is 0 Å². The lowest BCUT2D eigenvalue weighted by Crippen LogP contribution is -2.50. The van der Waals surface area contributed by atoms with Gasteiger partial charge >= 0.3 is 12.1 Å². The fraction of sp³-hybridized carbons (Fsp3) is 0.867. The summed E-state index contributed by atoms with van der Waals surface area (Å²) < 4.78 is 10.7. The maximum absolute atomic E-state index is 11.8. The molecule has 2 atom stereocenters. The number of carboxylic acid groups (broad SMARTS) is 1. The zero-order valence-electron chi connectivity index (χ0n) is 12.6. The average Bonchev–Trinajstić information content (AvgIpc) is 2.52. The summed E-state index contributed by atoms with van der Waals surface area (Å²) in [5.74, 6) is -1.19. The maximum atomic E-state index is 11.8. The van der Waals surface area contributed by atoms with Gasteiger partial charge in [0.05, 0.1) is 31.8 Å². The van der Waals surface area contributed by atoms with E-state index in [2.05, 4.69) is 0 Å². The van der Waals surface area contributed by atoms with Gasteiger partial charge in [-0.15, -0.1) is 0 Å². The van der Waals surface area contributed by atoms with Crippen molar-refractivity contribution in [3.05, 3.63) is 0 Å². The average molecular weight is 299 g/mol. The Morgan fingerprint density at radius 3 is 2.52 bits per heavy atom. The molecule has 1 saturated carbocycles. The molecule has 0 aromatic heterocycles. The molecule has 0 aromatic carbocycles. The van der Waals surface area contributed by atoms with Crippen LogP contribution in [-0.2, 0) is 14.3 Å². The van der Waals surface area contributed by atoms with E-state index in [0.29, 0.717) is 26.0 Å². The van der Waals surface area contributed by atoms with Gasteiger partial charge in [0.15, 0.2) is 0 Å². The SMILES string of the molecule is COC(=O)N1CCC(C(=O)O)CC1COC1CCCCC1. The van der Waals surface area contributed by atoms with Crippen molar-refractivity contribution in [1.82, 2.24) is 4.90 Å². The van der Waals surface area contributed by atoms with Crippen LogP contribution in [0.4, 0.5) is 4.79 Å². The van der Waals surface area contributed by atoms with Gasteiger partial charge in [-0.2, -0.15) is 0 Å². The number of carboxylic acids is 1. The fourth-order valence-electron chi connectivity index (χ4n) is 3.27. The van der Waals surface area contributed by atoms with Crippen LogP contribution in [0.3, 0.4) is 0 Å². The number of ether oxygens (including phenoxy) is 2. The largest absolute Gasteiger partial charge is 0.481 e. The third kappa shape index (κ3) is 4.33. The first-order valence-electron chi connectivity index (χ1n) is 7.80. The predicted octanol–water partition coefficient (Wildman–Crippen LogP) is 2.27. The lowest BCUT2D eigenvalue weighted by molar-refractivity contribution is -0.144. The van der Waals surface area contributed by atoms with Gasteiger partial charge in [-0.25, -0.2) is 4.79 Å². The van der Waals surface area contributed by atoms with Crippen LogP contribution in [0.15, 0.2) is 0 Å². The minimum Gasteiger partial charge on any atom is -0.481 e. The summed E-state index contributed by atoms with van der Waals surface area (Å²) >= 11 is 0. The van der Waals surface area contributed by atoms with Crippen LogP contribution in [0.2, 0.25) is 0 Å². The van der Waals surface area contributed by atoms with E-state index in [4.69, 9.17) is 9.47 Å². The van der Waals surface area contributed by atoms with Crippen molar-refractivity contribution in [2.75, 3.05) is 20.3 Å². The number of nitrogens with zero attached hydrogens (tertiary/aromatic N) is 1. The van der Waals surface area contributed by atoms with E-state index >= 15 is 0 Å². The molecule has 0 aromatic rings. The van der Waals surface area contributed by atoms with Crippen LogP contribution >= 0.6 is 0 Å². The van der Waals surface area contributed by atoms with Crippen LogP contribution in [-0.4, -0.2) is 54.5 Å². The molecule has 2 aliphatic rings. The second kappa shape index (κ2) is 7.64. The number of amides is 1. The second-order valence-corrected chi connectivity index (χ2v) is 5.97. The summed E-state index contributed by atoms with van der Waals surface area (Å²) in [5, 5.41) is 9.18. The van der Waals surface area contributed by atoms with Gasteiger partial charge in [-0.3, -0.25) is 4.79 Å². The number of hydrogen-bond acceptors (Lipinski definition) is 4. The minimum atomic E-state index is -0.790. The van der Waals surface area contributed by atoms with E-state index < -0.39 is 18.0 Å². The van der Waals surface area contributed by atoms with Crippen LogP contribution < -0.4 is 0 Å². The molecular formula is C15H25NO5. The standard InChI is InChI=1S/C15H25NO5/c1-20-15(19)16-8-7-11(14(17)18)9-12(16)10-21-13-5-3-2-4-6-13/h11-13H,2-10H2,1H3,(H,17,18). The third-order valence-corrected chi connectivity index (χ3v) is 4.55. The van der Waals surface area contributed by atoms with Crippen molar-refractivity contribution < 1.29 is 24.2 Å². The van der Waals surface area contributed by atoms with E-state index in [1.807, 2.05) is 0 Å². The number of rotatable bonds is 4. The lowest BCUT2D eigenvalue weighted by atomic mass is 9.91. The molecule has 120 valence electrons. The summed E-state index contributed by atoms with van der Waals surface area (Å²) in [5.41, 5.74) is 0. The molecule has 1 N–H and O–H groups in total. The van der Waals surface area contributed by atoms with Gasteiger partial charge in [0.25, 0.3) is 0 Å². The molecule has 1 saturated heterocycles. The number of carbonyl (C=O) groups is 2. The monoisotopic (exact) mass is 299 g/mol. The first-order valence-corrected chi connectivity index (χ1v) is 7.80. The Balaban J connectivity index is 1.92. The molecule has 1 aliphatic heterocycles. The van der Waals surface area contributed by atoms with Gasteiger partial charge in [0, 0.05) is 6.54 Å². The summed E-state index contributed by atoms with van der Waals surface area (Å²) in [4.78, 5) is 24.6. The molecule has 2 rings (SSSR count). The van der Waals surface area contributed by atoms with Crippen molar-refractivity contribution in [2.45, 2.75) is 57.1 Å². The summed E-state index contributed by atoms with van der Waals surface area (Å²) in [6.07, 6.45) is 6.54. The number of hydrogen-bond donors (Lipinski definition) is 1. The minimum absolute atomic E-state index is 0.200. The molecule has 6 nitrogen and oxygen atoms in total. The number of carbonyl (C=O) groups excluding carboxylic acids is 1. The molecule has 1 heterocycles. The Labute approximate surface area is 125 Å². The van der Waals surface area contributed by atoms with E-state index in [-0.39, 0.29) is 12.1 Å². The molecule has 1 aliphatic carbocycles. The van der Waals surface area contributed by atoms with Crippen LogP contribution in [0.5, 0.6) is 0 Å². The quantitative estimate of drug-likeness (QED) is 0.861. The summed E-state index contributed by atoms with van der Waals surface area (Å²) in [7, 11) is 1.35. The Kier molecular flexibility index (Phi) is 5.85. The zero-order chi connectivity index (χ0) is 15.2. The molecule has 1 amide bonds. The topological polar surface area (TPSA) is 76.1 Å². The normalized spacial score (nSPS) is 27.4. The zero-order valence-corrected chi connectivity index (χ0v) is 12.6. The van der Waals surface area contributed by atoms with E-state index in [1.165, 1.54) is 26.4 Å². The summed E-state index contributed by atoms with van der Waals surface area (Å²) in [6.45, 7) is 0.825. The van der Waals surface area contributed by atoms with Crippen LogP contribution in [0.1, 0.15) is 44.9 Å². The molecule has 0 bridgehead atoms. The molecule has 0 spiro atoms. The third-order valence-electron chi connectivity index (χ3n) is 4.55. The maximum Gasteiger partial charge on any atom is 0.409 e. The molecule has 6 heteroatoms. The smallest absolute Gasteiger partial charge is 0.409 e. The number of piperidine rings is 1. The number of likely N-dealkylation sites (tertiary alicyclic amines) is 1. The Bertz CT molecular complexity index is 367. The van der Waals surface area contributed by atoms with E-state index in [0.717, 1.165) is 12.8 Å². The second-order valence-electron chi connectivity index (χ2n) is 5.97. The molecular weight excluding hydrogens is 274 g/mol.